The van der Waals surface area contributed by atoms with Gasteiger partial charge in [0, 0.05) is 0 Å². The summed E-state index contributed by atoms with van der Waals surface area (Å²) < 4.78 is 8.43. The van der Waals surface area contributed by atoms with Gasteiger partial charge in [-0.05, 0) is 0 Å². The van der Waals surface area contributed by atoms with E-state index in [0.717, 1.165) is 19.6 Å². The molecule has 0 spiro atoms. The number of allylic oxidation sites excluding steroid dienone is 4. The molecule has 27 heavy (non-hydrogen) atoms. The van der Waals surface area contributed by atoms with Crippen molar-refractivity contribution in [3.63, 3.8) is 0 Å². The molecule has 0 fully saturated rings. The van der Waals surface area contributed by atoms with Gasteiger partial charge in [-0.3, -0.25) is 0 Å². The predicted molar refractivity (Wildman–Crippen MR) is 118 cm³/mol. The van der Waals surface area contributed by atoms with E-state index in [0.29, 0.717) is 17.8 Å². The van der Waals surface area contributed by atoms with Crippen molar-refractivity contribution in [1.29, 1.82) is 0 Å². The molecule has 4 heteroatoms. The van der Waals surface area contributed by atoms with Gasteiger partial charge in [0.25, 0.3) is 0 Å². The van der Waals surface area contributed by atoms with Crippen molar-refractivity contribution in [3.05, 3.63) is 23.3 Å². The first-order valence-corrected chi connectivity index (χ1v) is 13.9. The molecule has 158 valence electrons. The molecule has 3 nitrogen and oxygen atoms in total. The molecule has 0 saturated heterocycles. The van der Waals surface area contributed by atoms with E-state index in [9.17, 15) is 0 Å². The van der Waals surface area contributed by atoms with Crippen LogP contribution in [0.15, 0.2) is 23.3 Å². The zero-order valence-corrected chi connectivity index (χ0v) is 21.9. The fourth-order valence-electron chi connectivity index (χ4n) is 5.33. The van der Waals surface area contributed by atoms with Crippen LogP contribution in [-0.2, 0) is 17.4 Å². The van der Waals surface area contributed by atoms with Crippen molar-refractivity contribution in [1.82, 2.24) is 10.1 Å². The first kappa shape index (κ1) is 25.1. The monoisotopic (exact) mass is 413 g/mol. The van der Waals surface area contributed by atoms with Crippen LogP contribution < -0.4 is 0 Å². The van der Waals surface area contributed by atoms with E-state index in [1.807, 2.05) is 0 Å². The molecule has 0 radical (unpaired) electrons. The van der Waals surface area contributed by atoms with Crippen molar-refractivity contribution >= 4 is 0 Å². The molecule has 0 aromatic rings. The third kappa shape index (κ3) is 3.92. The van der Waals surface area contributed by atoms with Crippen LogP contribution in [0.1, 0.15) is 62.3 Å². The van der Waals surface area contributed by atoms with E-state index in [4.69, 9.17) is 0 Å². The predicted octanol–water partition coefficient (Wildman–Crippen LogP) is 5.73. The molecule has 0 aliphatic heterocycles. The fourth-order valence-corrected chi connectivity index (χ4v) is 16.0. The molecule has 1 atom stereocenters. The van der Waals surface area contributed by atoms with Crippen molar-refractivity contribution in [2.24, 2.45) is 17.8 Å². The average Bonchev–Trinajstić information content (AvgIpc) is 3.04. The molecule has 0 bridgehead atoms. The quantitative estimate of drug-likeness (QED) is 0.423. The van der Waals surface area contributed by atoms with Crippen LogP contribution in [0.3, 0.4) is 0 Å². The molecule has 1 rings (SSSR count). The van der Waals surface area contributed by atoms with Gasteiger partial charge in [-0.25, -0.2) is 0 Å². The second kappa shape index (κ2) is 9.72. The molecule has 0 amide bonds. The van der Waals surface area contributed by atoms with Crippen LogP contribution in [-0.4, -0.2) is 50.9 Å². The summed E-state index contributed by atoms with van der Waals surface area (Å²) in [5.74, 6) is 1.70. The second-order valence-electron chi connectivity index (χ2n) is 9.26. The van der Waals surface area contributed by atoms with Gasteiger partial charge in [-0.15, -0.1) is 0 Å². The van der Waals surface area contributed by atoms with E-state index in [-0.39, 0.29) is 3.72 Å². The summed E-state index contributed by atoms with van der Waals surface area (Å²) >= 11 is -2.96. The molecule has 0 aromatic carbocycles. The zero-order chi connectivity index (χ0) is 21.2. The molecule has 0 aromatic heterocycles. The number of hydrogen-bond donors (Lipinski definition) is 0. The summed E-state index contributed by atoms with van der Waals surface area (Å²) in [5.41, 5.74) is 3.21. The number of rotatable bonds is 10. The Morgan fingerprint density at radius 1 is 0.778 bits per heavy atom. The summed E-state index contributed by atoms with van der Waals surface area (Å²) in [4.78, 5) is 0. The first-order valence-electron chi connectivity index (χ1n) is 11.1. The van der Waals surface area contributed by atoms with Crippen LogP contribution in [0, 0.1) is 17.8 Å². The van der Waals surface area contributed by atoms with Crippen LogP contribution >= 0.6 is 0 Å². The maximum atomic E-state index is 2.77. The van der Waals surface area contributed by atoms with E-state index in [1.54, 1.807) is 11.1 Å². The fraction of sp³-hybridized carbons (Fsp3) is 0.826. The van der Waals surface area contributed by atoms with Crippen molar-refractivity contribution < 1.29 is 17.4 Å². The maximum absolute atomic E-state index is 2.96. The summed E-state index contributed by atoms with van der Waals surface area (Å²) in [5, 5.41) is 0. The second-order valence-corrected chi connectivity index (χ2v) is 16.1. The Balaban J connectivity index is 4.03. The first-order chi connectivity index (χ1) is 12.5. The van der Waals surface area contributed by atoms with Gasteiger partial charge in [-0.2, -0.15) is 0 Å². The Morgan fingerprint density at radius 2 is 1.19 bits per heavy atom. The van der Waals surface area contributed by atoms with E-state index >= 15 is 0 Å². The van der Waals surface area contributed by atoms with Crippen LogP contribution in [0.5, 0.6) is 0 Å². The third-order valence-electron chi connectivity index (χ3n) is 6.97. The SMILES string of the molecule is CC[N](C)[Ti]([N](C)CC)([N](C)CC)[C]1(C(C)C)C=C(C(C)C)C=C1C(C)C. The molecule has 1 aliphatic rings. The minimum absolute atomic E-state index is 0.133. The molecule has 0 N–H and O–H groups in total. The van der Waals surface area contributed by atoms with Gasteiger partial charge < -0.3 is 0 Å². The Morgan fingerprint density at radius 3 is 1.44 bits per heavy atom. The number of nitrogens with zero attached hydrogens (tertiary/aromatic N) is 3. The zero-order valence-electron chi connectivity index (χ0n) is 20.3. The molecular formula is C23H47N3Ti. The van der Waals surface area contributed by atoms with Gasteiger partial charge in [-0.1, -0.05) is 0 Å². The Bertz CT molecular complexity index is 523. The standard InChI is InChI=1S/C14H23.3C3H8N.Ti/c1-9(2)12-7-13(10(3)4)14(8-12)11(5)6;3*1-3-4-2;/h7-11H,1-6H3;3*3H2,1-2H3;/q;3*-1;+3. The van der Waals surface area contributed by atoms with Crippen LogP contribution in [0.25, 0.3) is 0 Å². The third-order valence-corrected chi connectivity index (χ3v) is 16.7. The van der Waals surface area contributed by atoms with E-state index in [1.165, 1.54) is 0 Å². The molecular weight excluding hydrogens is 366 g/mol. The Hall–Kier alpha value is 0.0743. The van der Waals surface area contributed by atoms with Crippen LogP contribution in [0.2, 0.25) is 3.72 Å². The van der Waals surface area contributed by atoms with Gasteiger partial charge in [0.1, 0.15) is 0 Å². The van der Waals surface area contributed by atoms with Gasteiger partial charge in [0.15, 0.2) is 0 Å². The van der Waals surface area contributed by atoms with E-state index in [2.05, 4.69) is 106 Å². The summed E-state index contributed by atoms with van der Waals surface area (Å²) in [7, 11) is 7.17. The molecule has 1 unspecified atom stereocenters. The summed E-state index contributed by atoms with van der Waals surface area (Å²) in [6.07, 6.45) is 5.30. The summed E-state index contributed by atoms with van der Waals surface area (Å²) in [6, 6.07) is 0. The van der Waals surface area contributed by atoms with Crippen LogP contribution in [0.4, 0.5) is 0 Å². The van der Waals surface area contributed by atoms with Crippen molar-refractivity contribution in [2.75, 3.05) is 40.8 Å². The van der Waals surface area contributed by atoms with Gasteiger partial charge >= 0.3 is 175 Å². The van der Waals surface area contributed by atoms with Crippen molar-refractivity contribution in [2.45, 2.75) is 66.0 Å². The number of hydrogen-bond acceptors (Lipinski definition) is 3. The van der Waals surface area contributed by atoms with Crippen molar-refractivity contribution in [3.8, 4) is 0 Å². The summed E-state index contributed by atoms with van der Waals surface area (Å²) in [6.45, 7) is 24.7. The van der Waals surface area contributed by atoms with E-state index < -0.39 is 17.4 Å². The minimum atomic E-state index is -2.96. The molecule has 1 aliphatic carbocycles. The molecule has 0 saturated carbocycles. The van der Waals surface area contributed by atoms with Gasteiger partial charge in [0.05, 0.1) is 0 Å². The topological polar surface area (TPSA) is 9.72 Å². The Labute approximate surface area is 175 Å². The molecule has 0 heterocycles. The van der Waals surface area contributed by atoms with Gasteiger partial charge in [0.2, 0.25) is 0 Å². The normalized spacial score (nSPS) is 21.4. The average molecular weight is 414 g/mol. The Kier molecular flexibility index (Phi) is 9.04.